The predicted molar refractivity (Wildman–Crippen MR) is 106 cm³/mol. The van der Waals surface area contributed by atoms with Gasteiger partial charge in [-0.3, -0.25) is 9.78 Å². The highest BCUT2D eigenvalue weighted by molar-refractivity contribution is 6.30. The summed E-state index contributed by atoms with van der Waals surface area (Å²) in [5.41, 5.74) is 1.25. The fourth-order valence-electron chi connectivity index (χ4n) is 3.24. The Labute approximate surface area is 165 Å². The minimum atomic E-state index is -0.559. The molecule has 1 saturated heterocycles. The maximum atomic E-state index is 12.1. The number of aromatic amines is 2. The average molecular weight is 400 g/mol. The van der Waals surface area contributed by atoms with Crippen LogP contribution in [0.25, 0.3) is 11.3 Å². The zero-order chi connectivity index (χ0) is 19.7. The summed E-state index contributed by atoms with van der Waals surface area (Å²) in [5, 5.41) is 8.96. The Morgan fingerprint density at radius 2 is 2.00 bits per heavy atom. The van der Waals surface area contributed by atoms with Gasteiger partial charge < -0.3 is 14.6 Å². The molecule has 28 heavy (non-hydrogen) atoms. The third-order valence-electron chi connectivity index (χ3n) is 4.65. The summed E-state index contributed by atoms with van der Waals surface area (Å²) < 4.78 is 6.04. The van der Waals surface area contributed by atoms with Crippen molar-refractivity contribution in [1.29, 1.82) is 0 Å². The molecule has 0 radical (unpaired) electrons. The van der Waals surface area contributed by atoms with Crippen molar-refractivity contribution in [2.45, 2.75) is 19.4 Å². The zero-order valence-electron chi connectivity index (χ0n) is 15.1. The highest BCUT2D eigenvalue weighted by Crippen LogP contribution is 2.28. The van der Waals surface area contributed by atoms with E-state index in [2.05, 4.69) is 25.1 Å². The lowest BCUT2D eigenvalue weighted by atomic mass is 10.2. The van der Waals surface area contributed by atoms with Crippen molar-refractivity contribution in [3.63, 3.8) is 0 Å². The van der Waals surface area contributed by atoms with E-state index < -0.39 is 11.2 Å². The van der Waals surface area contributed by atoms with E-state index in [4.69, 9.17) is 16.3 Å². The highest BCUT2D eigenvalue weighted by atomic mass is 35.5. The number of rotatable bonds is 4. The lowest BCUT2D eigenvalue weighted by molar-refractivity contribution is 0.225. The number of anilines is 1. The van der Waals surface area contributed by atoms with Gasteiger partial charge in [0.15, 0.2) is 0 Å². The first-order valence-corrected chi connectivity index (χ1v) is 9.21. The van der Waals surface area contributed by atoms with E-state index in [0.29, 0.717) is 17.3 Å². The topological polar surface area (TPSA) is 104 Å². The van der Waals surface area contributed by atoms with Crippen LogP contribution < -0.4 is 20.9 Å². The van der Waals surface area contributed by atoms with Crippen molar-refractivity contribution < 1.29 is 4.74 Å². The maximum absolute atomic E-state index is 12.1. The van der Waals surface area contributed by atoms with Gasteiger partial charge in [0.1, 0.15) is 17.5 Å². The van der Waals surface area contributed by atoms with E-state index in [0.717, 1.165) is 30.1 Å². The first kappa shape index (κ1) is 18.2. The van der Waals surface area contributed by atoms with Crippen LogP contribution in [-0.2, 0) is 0 Å². The van der Waals surface area contributed by atoms with Crippen LogP contribution >= 0.6 is 11.6 Å². The third kappa shape index (κ3) is 3.77. The Hall–Kier alpha value is -3.13. The maximum Gasteiger partial charge on any atom is 0.325 e. The Bertz CT molecular complexity index is 1110. The van der Waals surface area contributed by atoms with E-state index >= 15 is 0 Å². The smallest absolute Gasteiger partial charge is 0.325 e. The minimum absolute atomic E-state index is 0.0358. The number of hydrogen-bond acceptors (Lipinski definition) is 6. The molecule has 3 aromatic rings. The number of nitrogens with zero attached hydrogens (tertiary/aromatic N) is 3. The molecule has 8 nitrogen and oxygen atoms in total. The summed E-state index contributed by atoms with van der Waals surface area (Å²) in [4.78, 5) is 30.1. The van der Waals surface area contributed by atoms with Crippen molar-refractivity contribution in [2.75, 3.05) is 18.0 Å². The number of aryl methyl sites for hydroxylation is 1. The number of benzene rings is 1. The molecule has 2 N–H and O–H groups in total. The lowest BCUT2D eigenvalue weighted by Crippen LogP contribution is -2.26. The van der Waals surface area contributed by atoms with Gasteiger partial charge in [0.25, 0.3) is 5.56 Å². The van der Waals surface area contributed by atoms with Crippen LogP contribution in [0.2, 0.25) is 5.02 Å². The predicted octanol–water partition coefficient (Wildman–Crippen LogP) is 2.14. The van der Waals surface area contributed by atoms with E-state index in [1.807, 2.05) is 25.1 Å². The van der Waals surface area contributed by atoms with Crippen LogP contribution in [0, 0.1) is 6.92 Å². The van der Waals surface area contributed by atoms with Crippen molar-refractivity contribution in [2.24, 2.45) is 0 Å². The summed E-state index contributed by atoms with van der Waals surface area (Å²) in [6.45, 7) is 3.36. The normalized spacial score (nSPS) is 16.4. The van der Waals surface area contributed by atoms with Gasteiger partial charge in [-0.25, -0.2) is 4.79 Å². The fourth-order valence-corrected chi connectivity index (χ4v) is 3.37. The van der Waals surface area contributed by atoms with Crippen LogP contribution in [-0.4, -0.2) is 39.4 Å². The number of ether oxygens (including phenoxy) is 1. The summed E-state index contributed by atoms with van der Waals surface area (Å²) in [6, 6.07) is 9.12. The zero-order valence-corrected chi connectivity index (χ0v) is 15.9. The molecular formula is C19H18ClN5O3. The molecule has 0 aliphatic carbocycles. The standard InChI is InChI=1S/C19H18ClN5O3/c1-11-17(8-16(24-23-11)15-9-21-19(27)22-18(15)26)25-7-6-14(10-25)28-13-4-2-12(20)3-5-13/h2-5,8-9,14H,6-7,10H2,1H3,(H2,21,22,26,27). The van der Waals surface area contributed by atoms with Crippen LogP contribution in [0.4, 0.5) is 5.69 Å². The first-order chi connectivity index (χ1) is 13.5. The Balaban J connectivity index is 1.55. The van der Waals surface area contributed by atoms with Crippen molar-refractivity contribution in [3.8, 4) is 17.0 Å². The Kier molecular flexibility index (Phi) is 4.87. The molecule has 1 unspecified atom stereocenters. The molecule has 1 atom stereocenters. The van der Waals surface area contributed by atoms with Crippen molar-refractivity contribution in [1.82, 2.24) is 20.2 Å². The van der Waals surface area contributed by atoms with E-state index in [1.54, 1.807) is 12.1 Å². The van der Waals surface area contributed by atoms with Gasteiger partial charge in [-0.15, -0.1) is 5.10 Å². The van der Waals surface area contributed by atoms with Crippen LogP contribution in [0.1, 0.15) is 12.1 Å². The van der Waals surface area contributed by atoms with Gasteiger partial charge in [-0.1, -0.05) is 11.6 Å². The molecule has 1 aliphatic rings. The number of H-pyrrole nitrogens is 2. The van der Waals surface area contributed by atoms with Gasteiger partial charge in [0.2, 0.25) is 0 Å². The number of hydrogen-bond donors (Lipinski definition) is 2. The molecule has 4 rings (SSSR count). The second kappa shape index (κ2) is 7.47. The molecule has 9 heteroatoms. The summed E-state index contributed by atoms with van der Waals surface area (Å²) in [5.74, 6) is 0.779. The third-order valence-corrected chi connectivity index (χ3v) is 4.90. The molecule has 0 spiro atoms. The lowest BCUT2D eigenvalue weighted by Gasteiger charge is -2.21. The second-order valence-electron chi connectivity index (χ2n) is 6.61. The average Bonchev–Trinajstić information content (AvgIpc) is 3.13. The van der Waals surface area contributed by atoms with Crippen LogP contribution in [0.3, 0.4) is 0 Å². The molecule has 0 saturated carbocycles. The molecule has 0 amide bonds. The number of halogens is 1. The monoisotopic (exact) mass is 399 g/mol. The SMILES string of the molecule is Cc1nnc(-c2c[nH]c(=O)[nH]c2=O)cc1N1CCC(Oc2ccc(Cl)cc2)C1. The molecule has 1 fully saturated rings. The molecule has 0 bridgehead atoms. The van der Waals surface area contributed by atoms with Gasteiger partial charge in [-0.2, -0.15) is 5.10 Å². The Morgan fingerprint density at radius 1 is 1.21 bits per heavy atom. The number of nitrogens with one attached hydrogen (secondary N) is 2. The minimum Gasteiger partial charge on any atom is -0.489 e. The largest absolute Gasteiger partial charge is 0.489 e. The van der Waals surface area contributed by atoms with E-state index in [1.165, 1.54) is 6.20 Å². The summed E-state index contributed by atoms with van der Waals surface area (Å²) >= 11 is 5.91. The van der Waals surface area contributed by atoms with E-state index in [9.17, 15) is 9.59 Å². The Morgan fingerprint density at radius 3 is 2.75 bits per heavy atom. The quantitative estimate of drug-likeness (QED) is 0.696. The first-order valence-electron chi connectivity index (χ1n) is 8.83. The van der Waals surface area contributed by atoms with E-state index in [-0.39, 0.29) is 11.7 Å². The molecule has 2 aromatic heterocycles. The van der Waals surface area contributed by atoms with Crippen LogP contribution in [0.5, 0.6) is 5.75 Å². The molecular weight excluding hydrogens is 382 g/mol. The second-order valence-corrected chi connectivity index (χ2v) is 7.05. The van der Waals surface area contributed by atoms with Gasteiger partial charge in [0.05, 0.1) is 23.5 Å². The van der Waals surface area contributed by atoms with Crippen molar-refractivity contribution in [3.05, 3.63) is 68.1 Å². The molecule has 1 aromatic carbocycles. The van der Waals surface area contributed by atoms with Gasteiger partial charge in [0, 0.05) is 24.2 Å². The summed E-state index contributed by atoms with van der Waals surface area (Å²) in [7, 11) is 0. The van der Waals surface area contributed by atoms with Gasteiger partial charge in [-0.05, 0) is 37.3 Å². The molecule has 144 valence electrons. The highest BCUT2D eigenvalue weighted by Gasteiger charge is 2.26. The number of aromatic nitrogens is 4. The van der Waals surface area contributed by atoms with Crippen LogP contribution in [0.15, 0.2) is 46.1 Å². The summed E-state index contributed by atoms with van der Waals surface area (Å²) in [6.07, 6.45) is 2.24. The van der Waals surface area contributed by atoms with Crippen molar-refractivity contribution >= 4 is 17.3 Å². The van der Waals surface area contributed by atoms with Gasteiger partial charge >= 0.3 is 5.69 Å². The molecule has 3 heterocycles. The molecule has 1 aliphatic heterocycles. The fraction of sp³-hybridized carbons (Fsp3) is 0.263.